The summed E-state index contributed by atoms with van der Waals surface area (Å²) in [7, 11) is 0. The molecule has 2 aliphatic heterocycles. The van der Waals surface area contributed by atoms with Gasteiger partial charge in [0.15, 0.2) is 23.3 Å². The highest BCUT2D eigenvalue weighted by molar-refractivity contribution is 7.80. The molecule has 2 N–H and O–H groups in total. The van der Waals surface area contributed by atoms with Crippen molar-refractivity contribution in [2.24, 2.45) is 0 Å². The van der Waals surface area contributed by atoms with Gasteiger partial charge in [-0.25, -0.2) is 29.9 Å². The molecule has 0 saturated carbocycles. The first kappa shape index (κ1) is 24.8. The predicted molar refractivity (Wildman–Crippen MR) is 178 cm³/mol. The van der Waals surface area contributed by atoms with Crippen LogP contribution in [0.3, 0.4) is 0 Å². The zero-order chi connectivity index (χ0) is 28.8. The number of H-pyrrole nitrogens is 2. The van der Waals surface area contributed by atoms with E-state index in [9.17, 15) is 0 Å². The van der Waals surface area contributed by atoms with Gasteiger partial charge in [0.05, 0.1) is 0 Å². The number of fused-ring (bicyclic) bond motifs is 20. The smallest absolute Gasteiger partial charge is 0.164 e. The number of hydrogen-bond donors (Lipinski definition) is 5. The van der Waals surface area contributed by atoms with E-state index in [1.165, 1.54) is 0 Å². The van der Waals surface area contributed by atoms with Gasteiger partial charge in [-0.1, -0.05) is 24.3 Å². The van der Waals surface area contributed by atoms with Crippen LogP contribution in [0.1, 0.15) is 0 Å². The van der Waals surface area contributed by atoms with E-state index in [0.717, 1.165) is 58.5 Å². The van der Waals surface area contributed by atoms with Crippen molar-refractivity contribution in [1.82, 2.24) is 39.9 Å². The quantitative estimate of drug-likeness (QED) is 0.112. The highest BCUT2D eigenvalue weighted by atomic mass is 32.1. The summed E-state index contributed by atoms with van der Waals surface area (Å²) in [6, 6.07) is 25.6. The van der Waals surface area contributed by atoms with Crippen LogP contribution >= 0.6 is 37.9 Å². The van der Waals surface area contributed by atoms with Crippen molar-refractivity contribution in [2.75, 3.05) is 0 Å². The Kier molecular flexibility index (Phi) is 5.28. The van der Waals surface area contributed by atoms with Gasteiger partial charge < -0.3 is 9.97 Å². The van der Waals surface area contributed by atoms with Crippen molar-refractivity contribution in [2.45, 2.75) is 14.7 Å². The molecule has 0 radical (unpaired) electrons. The molecule has 11 heteroatoms. The van der Waals surface area contributed by atoms with E-state index in [-0.39, 0.29) is 0 Å². The topological polar surface area (TPSA) is 109 Å². The first-order chi connectivity index (χ1) is 21.0. The van der Waals surface area contributed by atoms with E-state index in [2.05, 4.69) is 47.9 Å². The molecule has 0 unspecified atom stereocenters. The van der Waals surface area contributed by atoms with E-state index in [1.54, 1.807) is 0 Å². The second kappa shape index (κ2) is 9.14. The molecule has 0 atom stereocenters. The van der Waals surface area contributed by atoms with Crippen LogP contribution in [0.25, 0.3) is 89.7 Å². The van der Waals surface area contributed by atoms with E-state index in [0.29, 0.717) is 45.9 Å². The molecular weight excluding hydrogens is 593 g/mol. The predicted octanol–water partition coefficient (Wildman–Crippen LogP) is 7.74. The number of aromatic nitrogens is 8. The molecule has 8 nitrogen and oxygen atoms in total. The van der Waals surface area contributed by atoms with Crippen molar-refractivity contribution >= 4 is 82.0 Å². The van der Waals surface area contributed by atoms with E-state index in [4.69, 9.17) is 29.9 Å². The molecule has 9 rings (SSSR count). The SMILES string of the molecule is Sc1ccc2c(c1)-c1nc-2nc2nc(nc3[nH]c(nc4[nH]c(n1)c1ccc(S)cc41)c1ccc(S)cc31)-c1ccccc1-2. The molecule has 43 heavy (non-hydrogen) atoms. The average molecular weight is 611 g/mol. The molecule has 4 aromatic carbocycles. The largest absolute Gasteiger partial charge is 0.324 e. The van der Waals surface area contributed by atoms with Gasteiger partial charge in [-0.3, -0.25) is 0 Å². The van der Waals surface area contributed by atoms with Crippen LogP contribution in [0.2, 0.25) is 0 Å². The summed E-state index contributed by atoms with van der Waals surface area (Å²) in [5.74, 6) is 2.13. The van der Waals surface area contributed by atoms with Gasteiger partial charge in [0.1, 0.15) is 22.6 Å². The minimum atomic E-state index is 0.523. The van der Waals surface area contributed by atoms with Crippen molar-refractivity contribution in [3.63, 3.8) is 0 Å². The molecule has 0 aliphatic carbocycles. The third-order valence-corrected chi connectivity index (χ3v) is 8.52. The summed E-state index contributed by atoms with van der Waals surface area (Å²) < 4.78 is 0. The third kappa shape index (κ3) is 3.89. The average Bonchev–Trinajstić information content (AvgIpc) is 3.72. The second-order valence-electron chi connectivity index (χ2n) is 10.3. The van der Waals surface area contributed by atoms with Gasteiger partial charge in [-0.05, 0) is 54.6 Å². The maximum atomic E-state index is 5.07. The lowest BCUT2D eigenvalue weighted by Gasteiger charge is -2.00. The van der Waals surface area contributed by atoms with Crippen LogP contribution in [-0.2, 0) is 0 Å². The first-order valence-electron chi connectivity index (χ1n) is 13.4. The highest BCUT2D eigenvalue weighted by Gasteiger charge is 2.23. The lowest BCUT2D eigenvalue weighted by atomic mass is 10.1. The molecule has 3 aromatic heterocycles. The summed E-state index contributed by atoms with van der Waals surface area (Å²) >= 11 is 13.8. The summed E-state index contributed by atoms with van der Waals surface area (Å²) in [4.78, 5) is 39.2. The van der Waals surface area contributed by atoms with E-state index in [1.807, 2.05) is 78.9 Å². The number of nitrogens with zero attached hydrogens (tertiary/aromatic N) is 6. The molecular formula is C32H18N8S3. The Morgan fingerprint density at radius 2 is 0.791 bits per heavy atom. The number of thiol groups is 3. The number of benzene rings is 4. The lowest BCUT2D eigenvalue weighted by Crippen LogP contribution is -1.85. The summed E-state index contributed by atoms with van der Waals surface area (Å²) in [6.07, 6.45) is 0. The summed E-state index contributed by atoms with van der Waals surface area (Å²) in [6.45, 7) is 0. The molecule has 0 spiro atoms. The van der Waals surface area contributed by atoms with Crippen LogP contribution in [-0.4, -0.2) is 39.9 Å². The highest BCUT2D eigenvalue weighted by Crippen LogP contribution is 2.38. The fourth-order valence-corrected chi connectivity index (χ4v) is 6.32. The monoisotopic (exact) mass is 610 g/mol. The molecule has 8 bridgehead atoms. The number of hydrogen-bond acceptors (Lipinski definition) is 9. The Bertz CT molecular complexity index is 2520. The lowest BCUT2D eigenvalue weighted by molar-refractivity contribution is 1.17. The molecule has 204 valence electrons. The zero-order valence-electron chi connectivity index (χ0n) is 22.0. The van der Waals surface area contributed by atoms with Crippen LogP contribution in [0, 0.1) is 0 Å². The maximum absolute atomic E-state index is 5.07. The molecule has 0 fully saturated rings. The number of nitrogens with one attached hydrogen (secondary N) is 2. The van der Waals surface area contributed by atoms with Crippen molar-refractivity contribution in [3.8, 4) is 45.6 Å². The maximum Gasteiger partial charge on any atom is 0.164 e. The zero-order valence-corrected chi connectivity index (χ0v) is 24.7. The van der Waals surface area contributed by atoms with Gasteiger partial charge in [-0.15, -0.1) is 37.9 Å². The fourth-order valence-electron chi connectivity index (χ4n) is 5.71. The van der Waals surface area contributed by atoms with Gasteiger partial charge in [-0.2, -0.15) is 0 Å². The van der Waals surface area contributed by atoms with Gasteiger partial charge >= 0.3 is 0 Å². The molecule has 0 amide bonds. The first-order valence-corrected chi connectivity index (χ1v) is 14.7. The molecule has 7 aromatic rings. The molecule has 5 heterocycles. The minimum Gasteiger partial charge on any atom is -0.324 e. The van der Waals surface area contributed by atoms with E-state index < -0.39 is 0 Å². The second-order valence-corrected chi connectivity index (χ2v) is 11.9. The van der Waals surface area contributed by atoms with Crippen molar-refractivity contribution in [3.05, 3.63) is 78.9 Å². The van der Waals surface area contributed by atoms with Crippen molar-refractivity contribution < 1.29 is 0 Å². The normalized spacial score (nSPS) is 12.1. The van der Waals surface area contributed by atoms with Gasteiger partial charge in [0, 0.05) is 58.5 Å². The Morgan fingerprint density at radius 1 is 0.372 bits per heavy atom. The molecule has 2 aliphatic rings. The van der Waals surface area contributed by atoms with Crippen LogP contribution in [0.4, 0.5) is 0 Å². The van der Waals surface area contributed by atoms with Crippen LogP contribution in [0.5, 0.6) is 0 Å². The fraction of sp³-hybridized carbons (Fsp3) is 0. The van der Waals surface area contributed by atoms with Gasteiger partial charge in [0.25, 0.3) is 0 Å². The standard InChI is InChI=1S/C32H18N8S3/c41-14-5-8-19-22(11-14)31-36-27(19)34-25-17-3-1-2-4-18(17)26(33-25)35-30-23-12-15(42)6-9-20(23)28(37-30)39-32-24-13-16(43)7-10-21(24)29(38-31)40-32/h1-13,41-43H,(H2,33,34,35,36,37,38,39,40). The number of rotatable bonds is 0. The van der Waals surface area contributed by atoms with Gasteiger partial charge in [0.2, 0.25) is 0 Å². The Balaban J connectivity index is 1.51. The summed E-state index contributed by atoms with van der Waals surface area (Å²) in [5.41, 5.74) is 5.99. The Labute approximate surface area is 260 Å². The minimum absolute atomic E-state index is 0.523. The number of aromatic amines is 2. The molecule has 0 saturated heterocycles. The Morgan fingerprint density at radius 3 is 1.40 bits per heavy atom. The van der Waals surface area contributed by atoms with Crippen LogP contribution < -0.4 is 0 Å². The third-order valence-electron chi connectivity index (χ3n) is 7.69. The van der Waals surface area contributed by atoms with Crippen molar-refractivity contribution in [1.29, 1.82) is 0 Å². The Hall–Kier alpha value is -4.71. The van der Waals surface area contributed by atoms with E-state index >= 15 is 0 Å². The van der Waals surface area contributed by atoms with Crippen LogP contribution in [0.15, 0.2) is 93.5 Å². The summed E-state index contributed by atoms with van der Waals surface area (Å²) in [5, 5.41) is 3.56.